The predicted octanol–water partition coefficient (Wildman–Crippen LogP) is 3.08. The zero-order chi connectivity index (χ0) is 22.7. The van der Waals surface area contributed by atoms with E-state index in [1.165, 1.54) is 18.2 Å². The average Bonchev–Trinajstić information content (AvgIpc) is 3.13. The highest BCUT2D eigenvalue weighted by Crippen LogP contribution is 2.27. The topological polar surface area (TPSA) is 102 Å². The third kappa shape index (κ3) is 4.15. The van der Waals surface area contributed by atoms with Gasteiger partial charge in [-0.05, 0) is 36.8 Å². The number of Topliss-reactive ketones (excluding diaryl/α,β-unsaturated/α-hetero) is 1. The fourth-order valence-electron chi connectivity index (χ4n) is 3.60. The van der Waals surface area contributed by atoms with Gasteiger partial charge in [-0.1, -0.05) is 24.3 Å². The molecule has 160 valence electrons. The number of anilines is 1. The van der Waals surface area contributed by atoms with Crippen molar-refractivity contribution < 1.29 is 19.1 Å². The van der Waals surface area contributed by atoms with Crippen molar-refractivity contribution in [3.63, 3.8) is 0 Å². The van der Waals surface area contributed by atoms with Gasteiger partial charge in [-0.3, -0.25) is 19.6 Å². The quantitative estimate of drug-likeness (QED) is 0.442. The van der Waals surface area contributed by atoms with Crippen molar-refractivity contribution in [3.8, 4) is 11.3 Å². The molecule has 1 unspecified atom stereocenters. The van der Waals surface area contributed by atoms with E-state index in [-0.39, 0.29) is 12.2 Å². The zero-order valence-electron chi connectivity index (χ0n) is 17.6. The van der Waals surface area contributed by atoms with Crippen LogP contribution in [0.4, 0.5) is 5.69 Å². The SMILES string of the molecule is COC(=O)c1cccc(N2N=C(C)C(C(=O)Cc3cccc(-c4cnccn4)c3)C2=O)c1. The Balaban J connectivity index is 1.53. The van der Waals surface area contributed by atoms with E-state index < -0.39 is 17.8 Å². The molecule has 0 fully saturated rings. The molecule has 8 nitrogen and oxygen atoms in total. The van der Waals surface area contributed by atoms with E-state index in [0.29, 0.717) is 22.7 Å². The van der Waals surface area contributed by atoms with E-state index in [0.717, 1.165) is 11.1 Å². The van der Waals surface area contributed by atoms with Crippen LogP contribution < -0.4 is 5.01 Å². The Bertz CT molecular complexity index is 1220. The number of rotatable bonds is 6. The van der Waals surface area contributed by atoms with E-state index in [4.69, 9.17) is 4.74 Å². The number of hydrogen-bond donors (Lipinski definition) is 0. The Hall–Kier alpha value is -4.20. The van der Waals surface area contributed by atoms with Crippen LogP contribution >= 0.6 is 0 Å². The number of methoxy groups -OCH3 is 1. The summed E-state index contributed by atoms with van der Waals surface area (Å²) in [5.41, 5.74) is 3.41. The molecule has 32 heavy (non-hydrogen) atoms. The van der Waals surface area contributed by atoms with Crippen molar-refractivity contribution in [2.24, 2.45) is 11.0 Å². The largest absolute Gasteiger partial charge is 0.465 e. The van der Waals surface area contributed by atoms with Crippen LogP contribution in [0.2, 0.25) is 0 Å². The normalized spacial score (nSPS) is 15.4. The van der Waals surface area contributed by atoms with Gasteiger partial charge in [0.2, 0.25) is 0 Å². The lowest BCUT2D eigenvalue weighted by atomic mass is 9.93. The zero-order valence-corrected chi connectivity index (χ0v) is 17.6. The Kier molecular flexibility index (Phi) is 5.85. The van der Waals surface area contributed by atoms with Gasteiger partial charge in [0, 0.05) is 24.4 Å². The first-order valence-electron chi connectivity index (χ1n) is 9.93. The lowest BCUT2D eigenvalue weighted by Gasteiger charge is -2.15. The highest BCUT2D eigenvalue weighted by molar-refractivity contribution is 6.27. The molecular weight excluding hydrogens is 408 g/mol. The molecule has 8 heteroatoms. The predicted molar refractivity (Wildman–Crippen MR) is 118 cm³/mol. The van der Waals surface area contributed by atoms with Gasteiger partial charge in [-0.2, -0.15) is 10.1 Å². The molecule has 0 radical (unpaired) electrons. The molecule has 4 rings (SSSR count). The highest BCUT2D eigenvalue weighted by Gasteiger charge is 2.39. The van der Waals surface area contributed by atoms with E-state index in [1.807, 2.05) is 24.3 Å². The van der Waals surface area contributed by atoms with Crippen molar-refractivity contribution in [3.05, 3.63) is 78.2 Å². The van der Waals surface area contributed by atoms with Crippen molar-refractivity contribution >= 4 is 29.1 Å². The Labute approximate surface area is 184 Å². The van der Waals surface area contributed by atoms with Crippen LogP contribution in [-0.2, 0) is 20.7 Å². The maximum absolute atomic E-state index is 13.1. The second-order valence-electron chi connectivity index (χ2n) is 7.30. The smallest absolute Gasteiger partial charge is 0.337 e. The molecule has 1 atom stereocenters. The molecule has 0 bridgehead atoms. The van der Waals surface area contributed by atoms with Crippen LogP contribution in [0.15, 0.2) is 72.2 Å². The third-order valence-electron chi connectivity index (χ3n) is 5.13. The summed E-state index contributed by atoms with van der Waals surface area (Å²) in [4.78, 5) is 46.3. The van der Waals surface area contributed by atoms with Crippen LogP contribution in [0.3, 0.4) is 0 Å². The maximum Gasteiger partial charge on any atom is 0.337 e. The number of hydrogen-bond acceptors (Lipinski definition) is 7. The number of esters is 1. The molecule has 2 heterocycles. The van der Waals surface area contributed by atoms with Gasteiger partial charge >= 0.3 is 5.97 Å². The summed E-state index contributed by atoms with van der Waals surface area (Å²) in [7, 11) is 1.28. The van der Waals surface area contributed by atoms with Gasteiger partial charge in [-0.15, -0.1) is 0 Å². The van der Waals surface area contributed by atoms with Gasteiger partial charge in [0.15, 0.2) is 5.78 Å². The van der Waals surface area contributed by atoms with Crippen LogP contribution in [0, 0.1) is 5.92 Å². The number of amides is 1. The summed E-state index contributed by atoms with van der Waals surface area (Å²) >= 11 is 0. The van der Waals surface area contributed by atoms with Crippen LogP contribution in [-0.4, -0.2) is 40.4 Å². The van der Waals surface area contributed by atoms with Crippen LogP contribution in [0.25, 0.3) is 11.3 Å². The molecule has 3 aromatic rings. The molecule has 2 aromatic carbocycles. The monoisotopic (exact) mass is 428 g/mol. The minimum atomic E-state index is -0.975. The highest BCUT2D eigenvalue weighted by atomic mass is 16.5. The Morgan fingerprint density at radius 2 is 1.91 bits per heavy atom. The minimum Gasteiger partial charge on any atom is -0.465 e. The van der Waals surface area contributed by atoms with Crippen LogP contribution in [0.5, 0.6) is 0 Å². The first-order chi connectivity index (χ1) is 15.5. The number of benzene rings is 2. The van der Waals surface area contributed by atoms with Gasteiger partial charge in [0.25, 0.3) is 5.91 Å². The van der Waals surface area contributed by atoms with E-state index in [9.17, 15) is 14.4 Å². The summed E-state index contributed by atoms with van der Waals surface area (Å²) in [6.45, 7) is 1.65. The van der Waals surface area contributed by atoms with E-state index in [1.54, 1.807) is 43.7 Å². The minimum absolute atomic E-state index is 0.0768. The molecule has 1 aliphatic heterocycles. The number of ketones is 1. The van der Waals surface area contributed by atoms with Gasteiger partial charge in [-0.25, -0.2) is 4.79 Å². The molecule has 1 aliphatic rings. The standard InChI is InChI=1S/C24H20N4O4/c1-15-22(23(30)28(27-15)19-8-4-7-18(13-19)24(31)32-2)21(29)12-16-5-3-6-17(11-16)20-14-25-9-10-26-20/h3-11,13-14,22H,12H2,1-2H3. The number of aromatic nitrogens is 2. The molecule has 1 amide bonds. The van der Waals surface area contributed by atoms with E-state index in [2.05, 4.69) is 15.1 Å². The summed E-state index contributed by atoms with van der Waals surface area (Å²) in [6.07, 6.45) is 4.93. The molecule has 0 saturated carbocycles. The Morgan fingerprint density at radius 1 is 1.09 bits per heavy atom. The average molecular weight is 428 g/mol. The second kappa shape index (κ2) is 8.89. The summed E-state index contributed by atoms with van der Waals surface area (Å²) in [5.74, 6) is -2.19. The first-order valence-corrected chi connectivity index (χ1v) is 9.93. The molecule has 1 aromatic heterocycles. The third-order valence-corrected chi connectivity index (χ3v) is 5.13. The number of ether oxygens (including phenoxy) is 1. The number of carbonyl (C=O) groups is 3. The first kappa shape index (κ1) is 21.0. The molecular formula is C24H20N4O4. The van der Waals surface area contributed by atoms with Gasteiger partial charge in [0.1, 0.15) is 5.92 Å². The summed E-state index contributed by atoms with van der Waals surface area (Å²) < 4.78 is 4.73. The lowest BCUT2D eigenvalue weighted by Crippen LogP contribution is -2.33. The van der Waals surface area contributed by atoms with Crippen molar-refractivity contribution in [2.75, 3.05) is 12.1 Å². The van der Waals surface area contributed by atoms with E-state index >= 15 is 0 Å². The second-order valence-corrected chi connectivity index (χ2v) is 7.30. The van der Waals surface area contributed by atoms with Gasteiger partial charge in [0.05, 0.1) is 36.0 Å². The Morgan fingerprint density at radius 3 is 2.66 bits per heavy atom. The van der Waals surface area contributed by atoms with Gasteiger partial charge < -0.3 is 4.74 Å². The van der Waals surface area contributed by atoms with Crippen molar-refractivity contribution in [2.45, 2.75) is 13.3 Å². The molecule has 0 saturated heterocycles. The summed E-state index contributed by atoms with van der Waals surface area (Å²) in [5, 5.41) is 5.45. The number of hydrazone groups is 1. The van der Waals surface area contributed by atoms with Crippen LogP contribution in [0.1, 0.15) is 22.8 Å². The number of carbonyl (C=O) groups excluding carboxylic acids is 3. The lowest BCUT2D eigenvalue weighted by molar-refractivity contribution is -0.128. The molecule has 0 N–H and O–H groups in total. The van der Waals surface area contributed by atoms with Crippen molar-refractivity contribution in [1.29, 1.82) is 0 Å². The fraction of sp³-hybridized carbons (Fsp3) is 0.167. The van der Waals surface area contributed by atoms with Crippen molar-refractivity contribution in [1.82, 2.24) is 9.97 Å². The molecule has 0 aliphatic carbocycles. The number of nitrogens with zero attached hydrogens (tertiary/aromatic N) is 4. The fourth-order valence-corrected chi connectivity index (χ4v) is 3.60. The molecule has 0 spiro atoms. The summed E-state index contributed by atoms with van der Waals surface area (Å²) in [6, 6.07) is 13.8. The maximum atomic E-state index is 13.1.